The van der Waals surface area contributed by atoms with Crippen LogP contribution in [0.4, 0.5) is 20.2 Å². The van der Waals surface area contributed by atoms with Crippen molar-refractivity contribution in [2.45, 2.75) is 5.92 Å². The Hall–Kier alpha value is -3.22. The van der Waals surface area contributed by atoms with Crippen molar-refractivity contribution in [2.24, 2.45) is 5.73 Å². The van der Waals surface area contributed by atoms with Crippen LogP contribution in [0.25, 0.3) is 11.6 Å². The number of allylic oxidation sites excluding steroid dienone is 1. The lowest BCUT2D eigenvalue weighted by Crippen LogP contribution is -2.56. The summed E-state index contributed by atoms with van der Waals surface area (Å²) in [5.74, 6) is -2.58. The highest BCUT2D eigenvalue weighted by atomic mass is 19.3. The van der Waals surface area contributed by atoms with Gasteiger partial charge >= 0.3 is 0 Å². The molecule has 7 heteroatoms. The lowest BCUT2D eigenvalue weighted by Gasteiger charge is -2.40. The summed E-state index contributed by atoms with van der Waals surface area (Å²) in [5.41, 5.74) is 9.40. The fourth-order valence-corrected chi connectivity index (χ4v) is 2.71. The van der Waals surface area contributed by atoms with Crippen molar-refractivity contribution in [2.75, 3.05) is 23.3 Å². The number of benzene rings is 1. The van der Waals surface area contributed by atoms with E-state index in [-0.39, 0.29) is 13.1 Å². The van der Waals surface area contributed by atoms with E-state index < -0.39 is 5.92 Å². The van der Waals surface area contributed by atoms with Crippen molar-refractivity contribution < 1.29 is 8.78 Å². The largest absolute Gasteiger partial charge is 0.404 e. The van der Waals surface area contributed by atoms with Crippen LogP contribution < -0.4 is 16.0 Å². The van der Waals surface area contributed by atoms with Gasteiger partial charge in [-0.25, -0.2) is 8.78 Å². The highest BCUT2D eigenvalue weighted by Gasteiger charge is 2.43. The second-order valence-corrected chi connectivity index (χ2v) is 5.97. The van der Waals surface area contributed by atoms with Gasteiger partial charge in [-0.1, -0.05) is 0 Å². The van der Waals surface area contributed by atoms with Crippen LogP contribution in [0, 0.1) is 5.41 Å². The predicted octanol–water partition coefficient (Wildman–Crippen LogP) is 3.57. The number of anilines is 2. The Kier molecular flexibility index (Phi) is 4.97. The first-order chi connectivity index (χ1) is 12.5. The maximum absolute atomic E-state index is 12.9. The summed E-state index contributed by atoms with van der Waals surface area (Å²) in [7, 11) is 0. The molecule has 1 aliphatic rings. The minimum Gasteiger partial charge on any atom is -0.404 e. The van der Waals surface area contributed by atoms with Crippen molar-refractivity contribution in [1.82, 2.24) is 4.98 Å². The number of pyridine rings is 1. The average Bonchev–Trinajstić information content (AvgIpc) is 2.62. The van der Waals surface area contributed by atoms with Crippen LogP contribution in [-0.4, -0.2) is 30.2 Å². The number of nitrogens with zero attached hydrogens (tertiary/aromatic N) is 2. The molecule has 0 amide bonds. The van der Waals surface area contributed by atoms with Gasteiger partial charge in [-0.3, -0.25) is 4.98 Å². The van der Waals surface area contributed by atoms with Crippen molar-refractivity contribution in [3.05, 3.63) is 66.3 Å². The Morgan fingerprint density at radius 1 is 1.23 bits per heavy atom. The maximum Gasteiger partial charge on any atom is 0.282 e. The highest BCUT2D eigenvalue weighted by Crippen LogP contribution is 2.32. The normalized spacial score (nSPS) is 16.4. The number of nitrogens with one attached hydrogen (secondary N) is 2. The molecule has 5 nitrogen and oxygen atoms in total. The van der Waals surface area contributed by atoms with Gasteiger partial charge in [-0.15, -0.1) is 0 Å². The molecule has 1 aromatic carbocycles. The van der Waals surface area contributed by atoms with E-state index in [1.165, 1.54) is 12.4 Å². The van der Waals surface area contributed by atoms with Crippen LogP contribution in [0.3, 0.4) is 0 Å². The zero-order valence-corrected chi connectivity index (χ0v) is 14.0. The molecule has 1 aliphatic heterocycles. The second kappa shape index (κ2) is 7.35. The number of halogens is 2. The van der Waals surface area contributed by atoms with Gasteiger partial charge in [0.05, 0.1) is 13.1 Å². The fraction of sp³-hybridized carbons (Fsp3) is 0.158. The number of hydrogen-bond acceptors (Lipinski definition) is 5. The standard InChI is InChI=1S/C19H19F2N5/c20-19(21)12-26(13-19)17-3-1-16(2-4-17)25-8-5-14-11-24-7-6-18(14)15(9-22)10-23/h1-11,22,25H,12-13,23H2/b8-5+,15-10?,22-9?. The molecule has 1 fully saturated rings. The smallest absolute Gasteiger partial charge is 0.282 e. The van der Waals surface area contributed by atoms with E-state index in [2.05, 4.69) is 10.3 Å². The Morgan fingerprint density at radius 3 is 2.58 bits per heavy atom. The molecule has 134 valence electrons. The molecule has 1 saturated heterocycles. The van der Waals surface area contributed by atoms with Gasteiger partial charge in [0.15, 0.2) is 0 Å². The lowest BCUT2D eigenvalue weighted by molar-refractivity contribution is -0.0262. The van der Waals surface area contributed by atoms with Gasteiger partial charge < -0.3 is 21.4 Å². The number of alkyl halides is 2. The molecule has 0 spiro atoms. The number of aromatic nitrogens is 1. The zero-order chi connectivity index (χ0) is 18.6. The summed E-state index contributed by atoms with van der Waals surface area (Å²) >= 11 is 0. The molecule has 1 aromatic heterocycles. The third kappa shape index (κ3) is 3.88. The number of nitrogens with two attached hydrogens (primary N) is 1. The van der Waals surface area contributed by atoms with Gasteiger partial charge in [-0.2, -0.15) is 0 Å². The molecule has 2 aromatic rings. The fourth-order valence-electron chi connectivity index (χ4n) is 2.71. The molecule has 4 N–H and O–H groups in total. The van der Waals surface area contributed by atoms with Gasteiger partial charge in [0.1, 0.15) is 0 Å². The third-order valence-corrected chi connectivity index (χ3v) is 4.09. The van der Waals surface area contributed by atoms with Crippen molar-refractivity contribution in [3.63, 3.8) is 0 Å². The SMILES string of the molecule is N=CC(=CN)c1ccncc1/C=C/Nc1ccc(N2CC(F)(F)C2)cc1. The van der Waals surface area contributed by atoms with Gasteiger partial charge in [-0.05, 0) is 42.0 Å². The van der Waals surface area contributed by atoms with Crippen molar-refractivity contribution >= 4 is 29.2 Å². The van der Waals surface area contributed by atoms with Gasteiger partial charge in [0.2, 0.25) is 0 Å². The van der Waals surface area contributed by atoms with Gasteiger partial charge in [0, 0.05) is 53.5 Å². The second-order valence-electron chi connectivity index (χ2n) is 5.97. The summed E-state index contributed by atoms with van der Waals surface area (Å²) in [6.45, 7) is -0.457. The van der Waals surface area contributed by atoms with E-state index in [0.29, 0.717) is 5.57 Å². The first-order valence-electron chi connectivity index (χ1n) is 8.05. The first-order valence-corrected chi connectivity index (χ1v) is 8.05. The maximum atomic E-state index is 12.9. The zero-order valence-electron chi connectivity index (χ0n) is 14.0. The predicted molar refractivity (Wildman–Crippen MR) is 101 cm³/mol. The molecule has 0 atom stereocenters. The minimum atomic E-state index is -2.58. The summed E-state index contributed by atoms with van der Waals surface area (Å²) in [6, 6.07) is 9.09. The van der Waals surface area contributed by atoms with E-state index in [1.54, 1.807) is 29.6 Å². The Labute approximate surface area is 150 Å². The topological polar surface area (TPSA) is 78.0 Å². The van der Waals surface area contributed by atoms with Crippen LogP contribution in [0.1, 0.15) is 11.1 Å². The monoisotopic (exact) mass is 355 g/mol. The molecule has 0 saturated carbocycles. The van der Waals surface area contributed by atoms with E-state index >= 15 is 0 Å². The summed E-state index contributed by atoms with van der Waals surface area (Å²) in [4.78, 5) is 5.73. The molecule has 0 unspecified atom stereocenters. The molecule has 0 aliphatic carbocycles. The number of hydrogen-bond donors (Lipinski definition) is 3. The first kappa shape index (κ1) is 17.6. The van der Waals surface area contributed by atoms with Crippen LogP contribution >= 0.6 is 0 Å². The molecule has 3 rings (SSSR count). The molecule has 0 bridgehead atoms. The van der Waals surface area contributed by atoms with Crippen LogP contribution in [0.15, 0.2) is 55.1 Å². The molecular formula is C19H19F2N5. The summed E-state index contributed by atoms with van der Waals surface area (Å²) < 4.78 is 25.9. The number of rotatable bonds is 6. The highest BCUT2D eigenvalue weighted by molar-refractivity contribution is 6.09. The van der Waals surface area contributed by atoms with Crippen LogP contribution in [-0.2, 0) is 0 Å². The average molecular weight is 355 g/mol. The molecular weight excluding hydrogens is 336 g/mol. The summed E-state index contributed by atoms with van der Waals surface area (Å²) in [5, 5.41) is 10.6. The summed E-state index contributed by atoms with van der Waals surface area (Å²) in [6.07, 6.45) is 9.49. The minimum absolute atomic E-state index is 0.229. The van der Waals surface area contributed by atoms with Crippen LogP contribution in [0.2, 0.25) is 0 Å². The Bertz CT molecular complexity index is 835. The van der Waals surface area contributed by atoms with E-state index in [1.807, 2.05) is 30.3 Å². The lowest BCUT2D eigenvalue weighted by atomic mass is 10.0. The van der Waals surface area contributed by atoms with E-state index in [0.717, 1.165) is 22.5 Å². The van der Waals surface area contributed by atoms with Gasteiger partial charge in [0.25, 0.3) is 5.92 Å². The quantitative estimate of drug-likeness (QED) is 0.692. The molecule has 26 heavy (non-hydrogen) atoms. The third-order valence-electron chi connectivity index (χ3n) is 4.09. The van der Waals surface area contributed by atoms with E-state index in [4.69, 9.17) is 11.1 Å². The molecule has 2 heterocycles. The van der Waals surface area contributed by atoms with E-state index in [9.17, 15) is 8.78 Å². The Balaban J connectivity index is 1.65. The molecule has 0 radical (unpaired) electrons. The van der Waals surface area contributed by atoms with Crippen LogP contribution in [0.5, 0.6) is 0 Å². The van der Waals surface area contributed by atoms with Crippen molar-refractivity contribution in [3.8, 4) is 0 Å². The van der Waals surface area contributed by atoms with Crippen molar-refractivity contribution in [1.29, 1.82) is 5.41 Å². The Morgan fingerprint density at radius 2 is 1.96 bits per heavy atom.